The van der Waals surface area contributed by atoms with Crippen LogP contribution in [0.1, 0.15) is 12.8 Å². The Morgan fingerprint density at radius 1 is 0.900 bits per heavy atom. The topological polar surface area (TPSA) is 83.7 Å². The maximum atomic E-state index is 13.5. The molecule has 6 nitrogen and oxygen atoms in total. The van der Waals surface area contributed by atoms with Gasteiger partial charge in [0.2, 0.25) is 0 Å². The Kier molecular flexibility index (Phi) is 4.63. The number of anilines is 1. The number of pyridine rings is 2. The van der Waals surface area contributed by atoms with Gasteiger partial charge in [-0.1, -0.05) is 0 Å². The van der Waals surface area contributed by atoms with E-state index in [0.717, 1.165) is 48.9 Å². The number of aromatic amines is 1. The number of fused-ring (bicyclic) bond motifs is 1. The fraction of sp³-hybridized carbons (Fsp3) is 0.227. The molecule has 0 spiro atoms. The molecule has 1 aliphatic heterocycles. The molecule has 30 heavy (non-hydrogen) atoms. The summed E-state index contributed by atoms with van der Waals surface area (Å²) in [7, 11) is 0. The van der Waals surface area contributed by atoms with Crippen LogP contribution in [-0.4, -0.2) is 39.1 Å². The molecule has 1 saturated heterocycles. The molecule has 152 valence electrons. The monoisotopic (exact) mass is 406 g/mol. The van der Waals surface area contributed by atoms with Gasteiger partial charge in [-0.3, -0.25) is 0 Å². The molecule has 0 amide bonds. The number of H-pyrrole nitrogens is 1. The van der Waals surface area contributed by atoms with Crippen LogP contribution in [0, 0.1) is 11.6 Å². The molecule has 0 unspecified atom stereocenters. The first-order valence-corrected chi connectivity index (χ1v) is 9.84. The first kappa shape index (κ1) is 18.6. The van der Waals surface area contributed by atoms with E-state index in [9.17, 15) is 8.78 Å². The molecule has 3 N–H and O–H groups in total. The average molecular weight is 406 g/mol. The van der Waals surface area contributed by atoms with Gasteiger partial charge in [-0.2, -0.15) is 0 Å². The molecule has 1 aliphatic rings. The Hall–Kier alpha value is -3.39. The van der Waals surface area contributed by atoms with Crippen molar-refractivity contribution in [3.8, 4) is 22.5 Å². The minimum absolute atomic E-state index is 0.279. The number of hydrogen-bond acceptors (Lipinski definition) is 5. The molecular weight excluding hydrogens is 386 g/mol. The molecular formula is C22H20F2N6. The Labute approximate surface area is 171 Å². The average Bonchev–Trinajstić information content (AvgIpc) is 3.17. The fourth-order valence-electron chi connectivity index (χ4n) is 3.76. The van der Waals surface area contributed by atoms with Crippen molar-refractivity contribution in [2.24, 2.45) is 5.73 Å². The molecule has 8 heteroatoms. The lowest BCUT2D eigenvalue weighted by molar-refractivity contribution is 0.498. The van der Waals surface area contributed by atoms with Gasteiger partial charge in [0.15, 0.2) is 5.65 Å². The highest BCUT2D eigenvalue weighted by atomic mass is 19.1. The first-order valence-electron chi connectivity index (χ1n) is 9.84. The van der Waals surface area contributed by atoms with Crippen molar-refractivity contribution < 1.29 is 8.78 Å². The van der Waals surface area contributed by atoms with Crippen LogP contribution in [-0.2, 0) is 0 Å². The second kappa shape index (κ2) is 7.46. The van der Waals surface area contributed by atoms with Crippen molar-refractivity contribution in [2.45, 2.75) is 18.9 Å². The van der Waals surface area contributed by atoms with Crippen LogP contribution >= 0.6 is 0 Å². The number of rotatable bonds is 3. The van der Waals surface area contributed by atoms with Crippen molar-refractivity contribution in [3.63, 3.8) is 0 Å². The molecule has 0 saturated carbocycles. The zero-order valence-corrected chi connectivity index (χ0v) is 16.1. The van der Waals surface area contributed by atoms with E-state index in [-0.39, 0.29) is 6.04 Å². The summed E-state index contributed by atoms with van der Waals surface area (Å²) in [5.41, 5.74) is 9.27. The van der Waals surface area contributed by atoms with E-state index in [1.165, 1.54) is 12.1 Å². The van der Waals surface area contributed by atoms with E-state index < -0.39 is 11.6 Å². The molecule has 1 fully saturated rings. The predicted molar refractivity (Wildman–Crippen MR) is 112 cm³/mol. The number of nitrogens with zero attached hydrogens (tertiary/aromatic N) is 4. The fourth-order valence-corrected chi connectivity index (χ4v) is 3.76. The van der Waals surface area contributed by atoms with Crippen LogP contribution in [0.5, 0.6) is 0 Å². The lowest BCUT2D eigenvalue weighted by Gasteiger charge is -2.31. The number of halogens is 2. The van der Waals surface area contributed by atoms with Gasteiger partial charge in [0.05, 0.1) is 5.52 Å². The molecule has 0 bridgehead atoms. The third kappa shape index (κ3) is 3.61. The summed E-state index contributed by atoms with van der Waals surface area (Å²) in [4.78, 5) is 18.7. The Balaban J connectivity index is 1.42. The van der Waals surface area contributed by atoms with Crippen molar-refractivity contribution in [3.05, 3.63) is 60.4 Å². The smallest absolute Gasteiger partial charge is 0.178 e. The van der Waals surface area contributed by atoms with Crippen LogP contribution in [0.15, 0.2) is 48.8 Å². The van der Waals surface area contributed by atoms with Gasteiger partial charge in [-0.15, -0.1) is 0 Å². The highest BCUT2D eigenvalue weighted by Crippen LogP contribution is 2.26. The minimum atomic E-state index is -0.652. The summed E-state index contributed by atoms with van der Waals surface area (Å²) in [6.45, 7) is 1.83. The summed E-state index contributed by atoms with van der Waals surface area (Å²) in [5.74, 6) is 0.00314. The highest BCUT2D eigenvalue weighted by molar-refractivity contribution is 5.81. The maximum absolute atomic E-state index is 13.5. The largest absolute Gasteiger partial charge is 0.357 e. The zero-order valence-electron chi connectivity index (χ0n) is 16.1. The van der Waals surface area contributed by atoms with E-state index in [1.807, 2.05) is 24.4 Å². The van der Waals surface area contributed by atoms with Gasteiger partial charge in [0.25, 0.3) is 0 Å². The van der Waals surface area contributed by atoms with Crippen molar-refractivity contribution in [1.29, 1.82) is 0 Å². The van der Waals surface area contributed by atoms with Gasteiger partial charge in [-0.25, -0.2) is 23.7 Å². The lowest BCUT2D eigenvalue weighted by atomic mass is 10.1. The van der Waals surface area contributed by atoms with Gasteiger partial charge >= 0.3 is 0 Å². The molecule has 3 aromatic heterocycles. The second-order valence-electron chi connectivity index (χ2n) is 7.57. The molecule has 4 aromatic rings. The molecule has 1 aromatic carbocycles. The number of piperidine rings is 1. The lowest BCUT2D eigenvalue weighted by Crippen LogP contribution is -2.40. The predicted octanol–water partition coefficient (Wildman–Crippen LogP) is 3.89. The maximum Gasteiger partial charge on any atom is 0.178 e. The number of benzene rings is 1. The van der Waals surface area contributed by atoms with Crippen molar-refractivity contribution in [2.75, 3.05) is 18.0 Å². The number of hydrogen-bond donors (Lipinski definition) is 2. The Morgan fingerprint density at radius 3 is 2.33 bits per heavy atom. The normalized spacial score (nSPS) is 15.1. The summed E-state index contributed by atoms with van der Waals surface area (Å²) < 4.78 is 27.1. The van der Waals surface area contributed by atoms with E-state index >= 15 is 0 Å². The molecule has 5 rings (SSSR count). The van der Waals surface area contributed by atoms with Crippen LogP contribution in [0.2, 0.25) is 0 Å². The number of imidazole rings is 1. The van der Waals surface area contributed by atoms with Crippen LogP contribution < -0.4 is 10.6 Å². The van der Waals surface area contributed by atoms with Crippen LogP contribution in [0.25, 0.3) is 33.7 Å². The zero-order chi connectivity index (χ0) is 20.7. The van der Waals surface area contributed by atoms with Gasteiger partial charge in [-0.05, 0) is 43.2 Å². The Morgan fingerprint density at radius 2 is 1.63 bits per heavy atom. The number of nitrogens with one attached hydrogen (secondary N) is 1. The highest BCUT2D eigenvalue weighted by Gasteiger charge is 2.17. The van der Waals surface area contributed by atoms with Gasteiger partial charge < -0.3 is 15.6 Å². The second-order valence-corrected chi connectivity index (χ2v) is 7.57. The third-order valence-corrected chi connectivity index (χ3v) is 5.42. The summed E-state index contributed by atoms with van der Waals surface area (Å²) in [5, 5.41) is 0. The number of nitrogens with two attached hydrogens (primary N) is 1. The standard InChI is InChI=1S/C22H20F2N6/c23-16-7-14(8-17(24)10-16)21-28-19-9-15(12-27-22(19)29-21)13-1-2-20(26-11-13)30-5-3-18(25)4-6-30/h1-2,7-12,18H,3-6,25H2,(H,27,28,29). The summed E-state index contributed by atoms with van der Waals surface area (Å²) >= 11 is 0. The van der Waals surface area contributed by atoms with Crippen LogP contribution in [0.3, 0.4) is 0 Å². The first-order chi connectivity index (χ1) is 14.5. The van der Waals surface area contributed by atoms with E-state index in [2.05, 4.69) is 24.8 Å². The molecule has 0 radical (unpaired) electrons. The molecule has 0 atom stereocenters. The third-order valence-electron chi connectivity index (χ3n) is 5.42. The Bertz CT molecular complexity index is 1180. The van der Waals surface area contributed by atoms with Gasteiger partial charge in [0, 0.05) is 54.3 Å². The van der Waals surface area contributed by atoms with Crippen molar-refractivity contribution >= 4 is 17.0 Å². The van der Waals surface area contributed by atoms with E-state index in [0.29, 0.717) is 22.6 Å². The number of aromatic nitrogens is 4. The molecule has 4 heterocycles. The quantitative estimate of drug-likeness (QED) is 0.539. The van der Waals surface area contributed by atoms with Gasteiger partial charge in [0.1, 0.15) is 23.3 Å². The van der Waals surface area contributed by atoms with E-state index in [1.54, 1.807) is 6.20 Å². The van der Waals surface area contributed by atoms with E-state index in [4.69, 9.17) is 5.73 Å². The summed E-state index contributed by atoms with van der Waals surface area (Å²) in [6.07, 6.45) is 5.49. The molecule has 0 aliphatic carbocycles. The van der Waals surface area contributed by atoms with Crippen LogP contribution in [0.4, 0.5) is 14.6 Å². The minimum Gasteiger partial charge on any atom is -0.357 e. The van der Waals surface area contributed by atoms with Crippen molar-refractivity contribution in [1.82, 2.24) is 19.9 Å². The SMILES string of the molecule is NC1CCN(c2ccc(-c3cnc4nc(-c5cc(F)cc(F)c5)[nH]c4c3)cn2)CC1. The summed E-state index contributed by atoms with van der Waals surface area (Å²) in [6, 6.07) is 9.50.